The van der Waals surface area contributed by atoms with E-state index >= 15 is 0 Å². The van der Waals surface area contributed by atoms with Crippen molar-refractivity contribution in [2.45, 2.75) is 31.8 Å². The summed E-state index contributed by atoms with van der Waals surface area (Å²) in [6, 6.07) is 13.6. The summed E-state index contributed by atoms with van der Waals surface area (Å²) in [6.45, 7) is 1.45. The van der Waals surface area contributed by atoms with E-state index in [1.54, 1.807) is 29.5 Å². The topological polar surface area (TPSA) is 58.6 Å². The van der Waals surface area contributed by atoms with Crippen molar-refractivity contribution in [2.24, 2.45) is 5.92 Å². The van der Waals surface area contributed by atoms with Gasteiger partial charge in [-0.2, -0.15) is 0 Å². The summed E-state index contributed by atoms with van der Waals surface area (Å²) in [5, 5.41) is 2.13. The lowest BCUT2D eigenvalue weighted by molar-refractivity contribution is -0.131. The SMILES string of the molecule is COc1cccc(-c2nc3c(s2)N(CC2CC2)[C@@H](C(=O)N(C)Cc2ccccn2)C3)c1. The van der Waals surface area contributed by atoms with Crippen molar-refractivity contribution in [3.05, 3.63) is 60.0 Å². The highest BCUT2D eigenvalue weighted by Crippen LogP contribution is 2.44. The zero-order valence-electron chi connectivity index (χ0n) is 17.8. The van der Waals surface area contributed by atoms with Crippen molar-refractivity contribution in [1.29, 1.82) is 0 Å². The van der Waals surface area contributed by atoms with Crippen LogP contribution in [0.4, 0.5) is 5.00 Å². The van der Waals surface area contributed by atoms with Gasteiger partial charge in [0, 0.05) is 31.8 Å². The number of pyridine rings is 1. The van der Waals surface area contributed by atoms with Gasteiger partial charge in [-0.05, 0) is 43.0 Å². The Balaban J connectivity index is 1.38. The molecule has 0 spiro atoms. The molecule has 1 aromatic carbocycles. The molecule has 1 aliphatic carbocycles. The van der Waals surface area contributed by atoms with E-state index in [-0.39, 0.29) is 11.9 Å². The van der Waals surface area contributed by atoms with Gasteiger partial charge in [-0.3, -0.25) is 9.78 Å². The average molecular weight is 435 g/mol. The van der Waals surface area contributed by atoms with Crippen LogP contribution in [-0.2, 0) is 17.8 Å². The van der Waals surface area contributed by atoms with Gasteiger partial charge in [0.25, 0.3) is 0 Å². The van der Waals surface area contributed by atoms with Crippen molar-refractivity contribution in [1.82, 2.24) is 14.9 Å². The summed E-state index contributed by atoms with van der Waals surface area (Å²) in [7, 11) is 3.55. The number of amides is 1. The number of nitrogens with zero attached hydrogens (tertiary/aromatic N) is 4. The third kappa shape index (κ3) is 4.14. The molecule has 160 valence electrons. The first-order valence-corrected chi connectivity index (χ1v) is 11.5. The zero-order chi connectivity index (χ0) is 21.4. The maximum Gasteiger partial charge on any atom is 0.245 e. The van der Waals surface area contributed by atoms with Crippen LogP contribution < -0.4 is 9.64 Å². The number of thiazole rings is 1. The van der Waals surface area contributed by atoms with Crippen LogP contribution in [0, 0.1) is 5.92 Å². The largest absolute Gasteiger partial charge is 0.497 e. The standard InChI is InChI=1S/C24H26N4O2S/c1-27(15-18-7-3-4-11-25-18)23(29)21-13-20-24(28(21)14-16-9-10-16)31-22(26-20)17-6-5-8-19(12-17)30-2/h3-8,11-12,16,21H,9-10,13-15H2,1-2H3/t21-/m1/s1. The van der Waals surface area contributed by atoms with Crippen LogP contribution in [0.25, 0.3) is 10.6 Å². The lowest BCUT2D eigenvalue weighted by atomic mass is 10.1. The molecule has 31 heavy (non-hydrogen) atoms. The number of fused-ring (bicyclic) bond motifs is 1. The van der Waals surface area contributed by atoms with E-state index in [4.69, 9.17) is 9.72 Å². The Morgan fingerprint density at radius 2 is 2.13 bits per heavy atom. The fourth-order valence-corrected chi connectivity index (χ4v) is 5.24. The number of aromatic nitrogens is 2. The monoisotopic (exact) mass is 434 g/mol. The smallest absolute Gasteiger partial charge is 0.245 e. The predicted molar refractivity (Wildman–Crippen MR) is 122 cm³/mol. The summed E-state index contributed by atoms with van der Waals surface area (Å²) in [6.07, 6.45) is 4.92. The van der Waals surface area contributed by atoms with Crippen LogP contribution in [-0.4, -0.2) is 47.5 Å². The summed E-state index contributed by atoms with van der Waals surface area (Å²) in [5.74, 6) is 1.65. The van der Waals surface area contributed by atoms with Gasteiger partial charge in [-0.15, -0.1) is 0 Å². The van der Waals surface area contributed by atoms with Crippen LogP contribution in [0.1, 0.15) is 24.2 Å². The highest BCUT2D eigenvalue weighted by atomic mass is 32.1. The number of rotatable bonds is 7. The molecular weight excluding hydrogens is 408 g/mol. The lowest BCUT2D eigenvalue weighted by Gasteiger charge is -2.29. The van der Waals surface area contributed by atoms with E-state index in [0.717, 1.165) is 39.3 Å². The van der Waals surface area contributed by atoms with Crippen molar-refractivity contribution >= 4 is 22.2 Å². The Bertz CT molecular complexity index is 1080. The molecule has 3 aromatic rings. The first-order valence-electron chi connectivity index (χ1n) is 10.7. The lowest BCUT2D eigenvalue weighted by Crippen LogP contribution is -2.46. The van der Waals surface area contributed by atoms with E-state index in [9.17, 15) is 4.79 Å². The van der Waals surface area contributed by atoms with Gasteiger partial charge in [0.2, 0.25) is 5.91 Å². The van der Waals surface area contributed by atoms with Crippen LogP contribution in [0.2, 0.25) is 0 Å². The molecule has 1 atom stereocenters. The fraction of sp³-hybridized carbons (Fsp3) is 0.375. The van der Waals surface area contributed by atoms with E-state index < -0.39 is 0 Å². The second-order valence-corrected chi connectivity index (χ2v) is 9.31. The Hall–Kier alpha value is -2.93. The molecule has 0 N–H and O–H groups in total. The molecule has 2 aliphatic rings. The molecule has 1 amide bonds. The first-order chi connectivity index (χ1) is 15.1. The van der Waals surface area contributed by atoms with Gasteiger partial charge >= 0.3 is 0 Å². The molecule has 3 heterocycles. The molecule has 0 unspecified atom stereocenters. The molecule has 7 heteroatoms. The molecule has 1 saturated carbocycles. The number of methoxy groups -OCH3 is 1. The highest BCUT2D eigenvalue weighted by molar-refractivity contribution is 7.19. The van der Waals surface area contributed by atoms with E-state index in [1.165, 1.54) is 12.8 Å². The number of carbonyl (C=O) groups excluding carboxylic acids is 1. The summed E-state index contributed by atoms with van der Waals surface area (Å²) in [5.41, 5.74) is 2.99. The molecule has 5 rings (SSSR count). The second-order valence-electron chi connectivity index (χ2n) is 8.33. The van der Waals surface area contributed by atoms with Crippen molar-refractivity contribution < 1.29 is 9.53 Å². The third-order valence-electron chi connectivity index (χ3n) is 5.96. The first kappa shape index (κ1) is 20.0. The van der Waals surface area contributed by atoms with E-state index in [2.05, 4.69) is 16.0 Å². The van der Waals surface area contributed by atoms with E-state index in [0.29, 0.717) is 18.9 Å². The average Bonchev–Trinajstić information content (AvgIpc) is 3.43. The number of ether oxygens (including phenoxy) is 1. The number of carbonyl (C=O) groups is 1. The summed E-state index contributed by atoms with van der Waals surface area (Å²) < 4.78 is 5.37. The summed E-state index contributed by atoms with van der Waals surface area (Å²) >= 11 is 1.69. The molecule has 1 fully saturated rings. The minimum Gasteiger partial charge on any atom is -0.497 e. The predicted octanol–water partition coefficient (Wildman–Crippen LogP) is 4.01. The van der Waals surface area contributed by atoms with E-state index in [1.807, 2.05) is 43.4 Å². The third-order valence-corrected chi connectivity index (χ3v) is 7.14. The Kier molecular flexibility index (Phi) is 5.36. The van der Waals surface area contributed by atoms with Gasteiger partial charge < -0.3 is 14.5 Å². The minimum absolute atomic E-state index is 0.138. The second kappa shape index (κ2) is 8.30. The number of hydrogen-bond acceptors (Lipinski definition) is 6. The van der Waals surface area contributed by atoms with Gasteiger partial charge in [0.05, 0.1) is 25.0 Å². The molecule has 6 nitrogen and oxygen atoms in total. The number of hydrogen-bond donors (Lipinski definition) is 0. The highest BCUT2D eigenvalue weighted by Gasteiger charge is 2.41. The number of likely N-dealkylation sites (N-methyl/N-ethyl adjacent to an activating group) is 1. The Morgan fingerprint density at radius 3 is 2.87 bits per heavy atom. The van der Waals surface area contributed by atoms with Crippen LogP contribution in [0.15, 0.2) is 48.7 Å². The van der Waals surface area contributed by atoms with Crippen molar-refractivity contribution in [3.8, 4) is 16.3 Å². The minimum atomic E-state index is -0.178. The maximum absolute atomic E-state index is 13.4. The molecule has 0 radical (unpaired) electrons. The van der Waals surface area contributed by atoms with Gasteiger partial charge in [0.15, 0.2) is 0 Å². The van der Waals surface area contributed by atoms with Crippen LogP contribution in [0.5, 0.6) is 5.75 Å². The fourth-order valence-electron chi connectivity index (χ4n) is 4.09. The van der Waals surface area contributed by atoms with Gasteiger partial charge in [-0.1, -0.05) is 29.5 Å². The van der Waals surface area contributed by atoms with Crippen LogP contribution in [0.3, 0.4) is 0 Å². The molecule has 1 aliphatic heterocycles. The normalized spacial score (nSPS) is 17.5. The van der Waals surface area contributed by atoms with Crippen molar-refractivity contribution in [2.75, 3.05) is 25.6 Å². The van der Waals surface area contributed by atoms with Crippen LogP contribution >= 0.6 is 11.3 Å². The Morgan fingerprint density at radius 1 is 1.26 bits per heavy atom. The molecule has 0 saturated heterocycles. The van der Waals surface area contributed by atoms with Gasteiger partial charge in [-0.25, -0.2) is 4.98 Å². The zero-order valence-corrected chi connectivity index (χ0v) is 18.6. The molecule has 0 bridgehead atoms. The molecular formula is C24H26N4O2S. The quantitative estimate of drug-likeness (QED) is 0.562. The summed E-state index contributed by atoms with van der Waals surface area (Å²) in [4.78, 5) is 26.8. The van der Waals surface area contributed by atoms with Crippen molar-refractivity contribution in [3.63, 3.8) is 0 Å². The maximum atomic E-state index is 13.4. The van der Waals surface area contributed by atoms with Gasteiger partial charge in [0.1, 0.15) is 21.8 Å². The Labute approximate surface area is 186 Å². The molecule has 2 aromatic heterocycles. The number of benzene rings is 1. The number of anilines is 1.